The minimum Gasteiger partial charge on any atom is -0.465 e. The number of hydrogen-bond donors (Lipinski definition) is 1. The second-order valence-electron chi connectivity index (χ2n) is 6.34. The number of unbranched alkanes of at least 4 members (excludes halogenated alkanes) is 1. The van der Waals surface area contributed by atoms with Crippen molar-refractivity contribution < 1.29 is 14.3 Å². The van der Waals surface area contributed by atoms with E-state index in [1.807, 2.05) is 17.5 Å². The lowest BCUT2D eigenvalue weighted by molar-refractivity contribution is 0.0603. The number of thiophene rings is 1. The fourth-order valence-corrected chi connectivity index (χ4v) is 3.82. The molecule has 0 unspecified atom stereocenters. The smallest absolute Gasteiger partial charge is 0.341 e. The molecular formula is C22H22N2O3S. The normalized spacial score (nSPS) is 10.5. The third-order valence-electron chi connectivity index (χ3n) is 4.42. The molecule has 6 heteroatoms. The van der Waals surface area contributed by atoms with E-state index in [4.69, 9.17) is 4.74 Å². The molecule has 0 fully saturated rings. The van der Waals surface area contributed by atoms with Crippen LogP contribution in [-0.4, -0.2) is 24.0 Å². The molecular weight excluding hydrogens is 372 g/mol. The number of esters is 1. The molecule has 144 valence electrons. The fourth-order valence-electron chi connectivity index (χ4n) is 2.87. The van der Waals surface area contributed by atoms with E-state index in [-0.39, 0.29) is 5.91 Å². The van der Waals surface area contributed by atoms with Gasteiger partial charge in [-0.3, -0.25) is 9.78 Å². The van der Waals surface area contributed by atoms with Gasteiger partial charge in [-0.2, -0.15) is 0 Å². The van der Waals surface area contributed by atoms with Gasteiger partial charge in [0.2, 0.25) is 0 Å². The third kappa shape index (κ3) is 4.46. The standard InChI is InChI=1S/C22H22N2O3S/c1-3-4-6-15-8-10-16(11-9-15)18-14-28-21(19(18)22(26)27-2)24-20(25)17-7-5-12-23-13-17/h5,7-14H,3-4,6H2,1-2H3,(H,24,25). The number of amides is 1. The second kappa shape index (κ2) is 9.28. The van der Waals surface area contributed by atoms with Crippen molar-refractivity contribution in [2.75, 3.05) is 12.4 Å². The lowest BCUT2D eigenvalue weighted by atomic mass is 10.0. The van der Waals surface area contributed by atoms with Crippen LogP contribution in [0.3, 0.4) is 0 Å². The van der Waals surface area contributed by atoms with Crippen molar-refractivity contribution in [1.82, 2.24) is 4.98 Å². The Labute approximate surface area is 168 Å². The fraction of sp³-hybridized carbons (Fsp3) is 0.227. The Kier molecular flexibility index (Phi) is 6.55. The number of rotatable bonds is 7. The summed E-state index contributed by atoms with van der Waals surface area (Å²) in [6.45, 7) is 2.17. The molecule has 1 amide bonds. The van der Waals surface area contributed by atoms with E-state index in [2.05, 4.69) is 29.4 Å². The number of hydrogen-bond acceptors (Lipinski definition) is 5. The summed E-state index contributed by atoms with van der Waals surface area (Å²) in [6, 6.07) is 11.5. The van der Waals surface area contributed by atoms with Gasteiger partial charge >= 0.3 is 5.97 Å². The molecule has 3 rings (SSSR count). The lowest BCUT2D eigenvalue weighted by Gasteiger charge is -2.08. The quantitative estimate of drug-likeness (QED) is 0.560. The number of aromatic nitrogens is 1. The molecule has 0 bridgehead atoms. The van der Waals surface area contributed by atoms with Gasteiger partial charge < -0.3 is 10.1 Å². The molecule has 0 aliphatic heterocycles. The molecule has 2 aromatic heterocycles. The summed E-state index contributed by atoms with van der Waals surface area (Å²) in [6.07, 6.45) is 6.42. The Bertz CT molecular complexity index is 950. The average Bonchev–Trinajstić information content (AvgIpc) is 3.16. The van der Waals surface area contributed by atoms with Gasteiger partial charge in [-0.05, 0) is 36.1 Å². The molecule has 0 saturated carbocycles. The van der Waals surface area contributed by atoms with Gasteiger partial charge in [0.05, 0.1) is 12.7 Å². The Balaban J connectivity index is 1.90. The van der Waals surface area contributed by atoms with Crippen LogP contribution >= 0.6 is 11.3 Å². The molecule has 0 saturated heterocycles. The van der Waals surface area contributed by atoms with Crippen molar-refractivity contribution in [2.24, 2.45) is 0 Å². The minimum absolute atomic E-state index is 0.318. The number of carbonyl (C=O) groups is 2. The molecule has 0 atom stereocenters. The molecule has 28 heavy (non-hydrogen) atoms. The summed E-state index contributed by atoms with van der Waals surface area (Å²) in [4.78, 5) is 28.9. The molecule has 0 aliphatic rings. The molecule has 1 N–H and O–H groups in total. The van der Waals surface area contributed by atoms with Crippen LogP contribution in [0.1, 0.15) is 46.0 Å². The van der Waals surface area contributed by atoms with E-state index in [1.54, 1.807) is 18.3 Å². The maximum Gasteiger partial charge on any atom is 0.341 e. The number of benzene rings is 1. The average molecular weight is 394 g/mol. The largest absolute Gasteiger partial charge is 0.465 e. The van der Waals surface area contributed by atoms with Crippen molar-refractivity contribution in [3.05, 3.63) is 70.9 Å². The molecule has 0 radical (unpaired) electrons. The van der Waals surface area contributed by atoms with Crippen LogP contribution in [0.5, 0.6) is 0 Å². The topological polar surface area (TPSA) is 68.3 Å². The monoisotopic (exact) mass is 394 g/mol. The van der Waals surface area contributed by atoms with E-state index in [9.17, 15) is 9.59 Å². The van der Waals surface area contributed by atoms with E-state index in [0.29, 0.717) is 16.1 Å². The van der Waals surface area contributed by atoms with Crippen LogP contribution in [-0.2, 0) is 11.2 Å². The number of methoxy groups -OCH3 is 1. The maximum absolute atomic E-state index is 12.5. The van der Waals surface area contributed by atoms with Crippen LogP contribution in [0.15, 0.2) is 54.2 Å². The Morgan fingerprint density at radius 2 is 1.96 bits per heavy atom. The molecule has 3 aromatic rings. The Morgan fingerprint density at radius 1 is 1.18 bits per heavy atom. The maximum atomic E-state index is 12.5. The molecule has 2 heterocycles. The zero-order valence-corrected chi connectivity index (χ0v) is 16.7. The van der Waals surface area contributed by atoms with Crippen LogP contribution in [0.2, 0.25) is 0 Å². The van der Waals surface area contributed by atoms with E-state index in [0.717, 1.165) is 30.4 Å². The number of nitrogens with one attached hydrogen (secondary N) is 1. The summed E-state index contributed by atoms with van der Waals surface area (Å²) in [7, 11) is 1.34. The van der Waals surface area contributed by atoms with Crippen molar-refractivity contribution in [2.45, 2.75) is 26.2 Å². The Morgan fingerprint density at radius 3 is 2.61 bits per heavy atom. The highest BCUT2D eigenvalue weighted by atomic mass is 32.1. The highest BCUT2D eigenvalue weighted by Gasteiger charge is 2.22. The van der Waals surface area contributed by atoms with Gasteiger partial charge in [0.15, 0.2) is 0 Å². The number of pyridine rings is 1. The van der Waals surface area contributed by atoms with Gasteiger partial charge in [-0.25, -0.2) is 4.79 Å². The first-order chi connectivity index (χ1) is 13.6. The van der Waals surface area contributed by atoms with Crippen LogP contribution < -0.4 is 5.32 Å². The van der Waals surface area contributed by atoms with Gasteiger partial charge in [-0.1, -0.05) is 37.6 Å². The van der Waals surface area contributed by atoms with E-state index < -0.39 is 5.97 Å². The van der Waals surface area contributed by atoms with Crippen LogP contribution in [0.4, 0.5) is 5.00 Å². The predicted octanol–water partition coefficient (Wildman–Crippen LogP) is 5.19. The number of carbonyl (C=O) groups excluding carboxylic acids is 2. The lowest BCUT2D eigenvalue weighted by Crippen LogP contribution is -2.14. The predicted molar refractivity (Wildman–Crippen MR) is 112 cm³/mol. The van der Waals surface area contributed by atoms with Crippen molar-refractivity contribution in [3.8, 4) is 11.1 Å². The first-order valence-corrected chi connectivity index (χ1v) is 10.0. The molecule has 1 aromatic carbocycles. The third-order valence-corrected chi connectivity index (χ3v) is 5.31. The van der Waals surface area contributed by atoms with Crippen molar-refractivity contribution >= 4 is 28.2 Å². The van der Waals surface area contributed by atoms with Gasteiger partial charge in [0.25, 0.3) is 5.91 Å². The number of nitrogens with zero attached hydrogens (tertiary/aromatic N) is 1. The number of anilines is 1. The van der Waals surface area contributed by atoms with E-state index >= 15 is 0 Å². The van der Waals surface area contributed by atoms with Gasteiger partial charge in [0, 0.05) is 23.3 Å². The molecule has 5 nitrogen and oxygen atoms in total. The van der Waals surface area contributed by atoms with E-state index in [1.165, 1.54) is 30.2 Å². The Hall–Kier alpha value is -2.99. The van der Waals surface area contributed by atoms with Crippen molar-refractivity contribution in [3.63, 3.8) is 0 Å². The zero-order valence-electron chi connectivity index (χ0n) is 15.9. The summed E-state index contributed by atoms with van der Waals surface area (Å²) in [5, 5.41) is 5.14. The summed E-state index contributed by atoms with van der Waals surface area (Å²) < 4.78 is 4.97. The molecule has 0 aliphatic carbocycles. The highest BCUT2D eigenvalue weighted by molar-refractivity contribution is 7.15. The van der Waals surface area contributed by atoms with Crippen LogP contribution in [0.25, 0.3) is 11.1 Å². The highest BCUT2D eigenvalue weighted by Crippen LogP contribution is 2.36. The second-order valence-corrected chi connectivity index (χ2v) is 7.22. The zero-order chi connectivity index (χ0) is 19.9. The number of ether oxygens (including phenoxy) is 1. The van der Waals surface area contributed by atoms with Gasteiger partial charge in [0.1, 0.15) is 10.6 Å². The summed E-state index contributed by atoms with van der Waals surface area (Å²) in [5.41, 5.74) is 3.73. The first-order valence-electron chi connectivity index (χ1n) is 9.14. The molecule has 0 spiro atoms. The number of aryl methyl sites for hydroxylation is 1. The summed E-state index contributed by atoms with van der Waals surface area (Å²) >= 11 is 1.30. The summed E-state index contributed by atoms with van der Waals surface area (Å²) in [5.74, 6) is -0.797. The first kappa shape index (κ1) is 19.8. The SMILES string of the molecule is CCCCc1ccc(-c2csc(NC(=O)c3cccnc3)c2C(=O)OC)cc1. The van der Waals surface area contributed by atoms with Gasteiger partial charge in [-0.15, -0.1) is 11.3 Å². The van der Waals surface area contributed by atoms with Crippen LogP contribution in [0, 0.1) is 0 Å². The minimum atomic E-state index is -0.479. The van der Waals surface area contributed by atoms with Crippen molar-refractivity contribution in [1.29, 1.82) is 0 Å².